The Morgan fingerprint density at radius 3 is 2.50 bits per heavy atom. The number of rotatable bonds is 4. The molecule has 1 atom stereocenters. The molecule has 0 bridgehead atoms. The summed E-state index contributed by atoms with van der Waals surface area (Å²) >= 11 is 0. The first-order valence-electron chi connectivity index (χ1n) is 8.72. The van der Waals surface area contributed by atoms with Gasteiger partial charge in [-0.25, -0.2) is 0 Å². The van der Waals surface area contributed by atoms with Crippen LogP contribution in [0.5, 0.6) is 0 Å². The summed E-state index contributed by atoms with van der Waals surface area (Å²) in [7, 11) is 0. The molecule has 1 unspecified atom stereocenters. The van der Waals surface area contributed by atoms with Crippen LogP contribution in [0.3, 0.4) is 0 Å². The molecule has 0 spiro atoms. The number of carbonyl (C=O) groups is 2. The Kier molecular flexibility index (Phi) is 5.49. The molecule has 0 saturated carbocycles. The minimum absolute atomic E-state index is 0.241. The summed E-state index contributed by atoms with van der Waals surface area (Å²) in [6, 6.07) is 12.3. The molecule has 5 nitrogen and oxygen atoms in total. The highest BCUT2D eigenvalue weighted by atomic mass is 16.3. The first kappa shape index (κ1) is 17.9. The summed E-state index contributed by atoms with van der Waals surface area (Å²) in [6.07, 6.45) is 4.50. The maximum absolute atomic E-state index is 12.4. The minimum atomic E-state index is -0.475. The van der Waals surface area contributed by atoms with Crippen molar-refractivity contribution in [3.05, 3.63) is 71.8 Å². The molecule has 0 fully saturated rings. The van der Waals surface area contributed by atoms with Gasteiger partial charge in [-0.3, -0.25) is 9.59 Å². The Morgan fingerprint density at radius 1 is 1.04 bits per heavy atom. The van der Waals surface area contributed by atoms with Gasteiger partial charge in [-0.15, -0.1) is 0 Å². The van der Waals surface area contributed by atoms with E-state index in [4.69, 9.17) is 0 Å². The molecule has 3 rings (SSSR count). The first-order chi connectivity index (χ1) is 12.6. The summed E-state index contributed by atoms with van der Waals surface area (Å²) < 4.78 is 0. The van der Waals surface area contributed by atoms with E-state index in [0.717, 1.165) is 36.8 Å². The molecular formula is C21H22N2O3. The van der Waals surface area contributed by atoms with Crippen LogP contribution in [0.25, 0.3) is 0 Å². The quantitative estimate of drug-likeness (QED) is 0.579. The summed E-state index contributed by atoms with van der Waals surface area (Å²) in [5.74, 6) is -0.541. The molecule has 1 aliphatic carbocycles. The normalized spacial score (nSPS) is 16.1. The molecule has 2 amide bonds. The average molecular weight is 350 g/mol. The van der Waals surface area contributed by atoms with Crippen LogP contribution < -0.4 is 10.6 Å². The largest absolute Gasteiger partial charge is 0.388 e. The minimum Gasteiger partial charge on any atom is -0.388 e. The molecule has 2 aromatic rings. The van der Waals surface area contributed by atoms with Crippen LogP contribution in [0.15, 0.2) is 55.1 Å². The van der Waals surface area contributed by atoms with Crippen LogP contribution in [0.2, 0.25) is 0 Å². The van der Waals surface area contributed by atoms with Gasteiger partial charge < -0.3 is 15.7 Å². The van der Waals surface area contributed by atoms with Crippen molar-refractivity contribution >= 4 is 23.2 Å². The lowest BCUT2D eigenvalue weighted by atomic mass is 10.00. The molecule has 0 aromatic heterocycles. The molecule has 5 heteroatoms. The molecular weight excluding hydrogens is 328 g/mol. The smallest absolute Gasteiger partial charge is 0.255 e. The van der Waals surface area contributed by atoms with Crippen LogP contribution in [0, 0.1) is 0 Å². The average Bonchev–Trinajstić information content (AvgIpc) is 2.83. The third-order valence-electron chi connectivity index (χ3n) is 4.54. The number of hydrogen-bond acceptors (Lipinski definition) is 3. The van der Waals surface area contributed by atoms with Gasteiger partial charge in [0.05, 0.1) is 6.10 Å². The van der Waals surface area contributed by atoms with E-state index in [-0.39, 0.29) is 11.8 Å². The number of hydrogen-bond donors (Lipinski definition) is 3. The first-order valence-corrected chi connectivity index (χ1v) is 8.72. The molecule has 2 aromatic carbocycles. The fraction of sp³-hybridized carbons (Fsp3) is 0.238. The number of fused-ring (bicyclic) bond motifs is 1. The lowest BCUT2D eigenvalue weighted by Crippen LogP contribution is -2.13. The van der Waals surface area contributed by atoms with E-state index >= 15 is 0 Å². The maximum Gasteiger partial charge on any atom is 0.255 e. The molecule has 1 aliphatic rings. The van der Waals surface area contributed by atoms with Gasteiger partial charge in [0.2, 0.25) is 5.91 Å². The molecule has 0 radical (unpaired) electrons. The zero-order valence-electron chi connectivity index (χ0n) is 14.5. The van der Waals surface area contributed by atoms with Gasteiger partial charge in [-0.1, -0.05) is 19.1 Å². The SMILES string of the molecule is C=CC(=O)Nc1ccc(C(=O)Nc2ccc3c(c2)C(O)CCCC3)cc1. The van der Waals surface area contributed by atoms with Crippen molar-refractivity contribution in [3.63, 3.8) is 0 Å². The number of anilines is 2. The standard InChI is InChI=1S/C21H22N2O3/c1-2-20(25)22-16-10-8-15(9-11-16)21(26)23-17-12-7-14-5-3-4-6-19(24)18(14)13-17/h2,7-13,19,24H,1,3-6H2,(H,22,25)(H,23,26). The van der Waals surface area contributed by atoms with Gasteiger partial charge in [0, 0.05) is 16.9 Å². The second-order valence-electron chi connectivity index (χ2n) is 6.40. The predicted molar refractivity (Wildman–Crippen MR) is 102 cm³/mol. The molecule has 0 aliphatic heterocycles. The van der Waals surface area contributed by atoms with Crippen LogP contribution in [0.1, 0.15) is 46.9 Å². The van der Waals surface area contributed by atoms with E-state index in [0.29, 0.717) is 16.9 Å². The second-order valence-corrected chi connectivity index (χ2v) is 6.40. The topological polar surface area (TPSA) is 78.4 Å². The van der Waals surface area contributed by atoms with Crippen LogP contribution >= 0.6 is 0 Å². The van der Waals surface area contributed by atoms with Crippen molar-refractivity contribution < 1.29 is 14.7 Å². The van der Waals surface area contributed by atoms with Crippen molar-refractivity contribution in [1.29, 1.82) is 0 Å². The van der Waals surface area contributed by atoms with Gasteiger partial charge in [0.15, 0.2) is 0 Å². The highest BCUT2D eigenvalue weighted by Gasteiger charge is 2.17. The molecule has 0 saturated heterocycles. The Balaban J connectivity index is 1.72. The van der Waals surface area contributed by atoms with Gasteiger partial charge in [0.25, 0.3) is 5.91 Å². The van der Waals surface area contributed by atoms with Crippen molar-refractivity contribution in [2.24, 2.45) is 0 Å². The monoisotopic (exact) mass is 350 g/mol. The number of aliphatic hydroxyl groups is 1. The Bertz CT molecular complexity index is 828. The number of nitrogens with one attached hydrogen (secondary N) is 2. The number of carbonyl (C=O) groups excluding carboxylic acids is 2. The third-order valence-corrected chi connectivity index (χ3v) is 4.54. The summed E-state index contributed by atoms with van der Waals surface area (Å²) in [4.78, 5) is 23.7. The number of benzene rings is 2. The van der Waals surface area contributed by atoms with Crippen LogP contribution in [-0.2, 0) is 11.2 Å². The van der Waals surface area contributed by atoms with Gasteiger partial charge in [-0.05, 0) is 72.9 Å². The van der Waals surface area contributed by atoms with E-state index in [1.807, 2.05) is 18.2 Å². The van der Waals surface area contributed by atoms with E-state index in [2.05, 4.69) is 17.2 Å². The van der Waals surface area contributed by atoms with Crippen molar-refractivity contribution in [2.75, 3.05) is 10.6 Å². The molecule has 0 heterocycles. The second kappa shape index (κ2) is 7.97. The van der Waals surface area contributed by atoms with Crippen LogP contribution in [-0.4, -0.2) is 16.9 Å². The Labute approximate surface area is 152 Å². The zero-order valence-corrected chi connectivity index (χ0v) is 14.5. The Hall–Kier alpha value is -2.92. The molecule has 3 N–H and O–H groups in total. The van der Waals surface area contributed by atoms with Crippen LogP contribution in [0.4, 0.5) is 11.4 Å². The summed E-state index contributed by atoms with van der Waals surface area (Å²) in [5.41, 5.74) is 3.80. The van der Waals surface area contributed by atoms with E-state index in [9.17, 15) is 14.7 Å². The number of amides is 2. The van der Waals surface area contributed by atoms with E-state index < -0.39 is 6.10 Å². The van der Waals surface area contributed by atoms with Gasteiger partial charge in [-0.2, -0.15) is 0 Å². The highest BCUT2D eigenvalue weighted by molar-refractivity contribution is 6.05. The van der Waals surface area contributed by atoms with E-state index in [1.165, 1.54) is 6.08 Å². The van der Waals surface area contributed by atoms with Gasteiger partial charge in [0.1, 0.15) is 0 Å². The lowest BCUT2D eigenvalue weighted by molar-refractivity contribution is -0.111. The summed E-state index contributed by atoms with van der Waals surface area (Å²) in [5, 5.41) is 15.8. The Morgan fingerprint density at radius 2 is 1.77 bits per heavy atom. The van der Waals surface area contributed by atoms with Crippen molar-refractivity contribution in [1.82, 2.24) is 0 Å². The third kappa shape index (κ3) is 4.18. The molecule has 26 heavy (non-hydrogen) atoms. The van der Waals surface area contributed by atoms with Gasteiger partial charge >= 0.3 is 0 Å². The maximum atomic E-state index is 12.4. The van der Waals surface area contributed by atoms with Crippen molar-refractivity contribution in [2.45, 2.75) is 31.8 Å². The highest BCUT2D eigenvalue weighted by Crippen LogP contribution is 2.30. The molecule has 134 valence electrons. The fourth-order valence-corrected chi connectivity index (χ4v) is 3.12. The van der Waals surface area contributed by atoms with Crippen molar-refractivity contribution in [3.8, 4) is 0 Å². The number of aliphatic hydroxyl groups excluding tert-OH is 1. The lowest BCUT2D eigenvalue weighted by Gasteiger charge is -2.14. The predicted octanol–water partition coefficient (Wildman–Crippen LogP) is 3.82. The summed E-state index contributed by atoms with van der Waals surface area (Å²) in [6.45, 7) is 3.40. The fourth-order valence-electron chi connectivity index (χ4n) is 3.12. The number of aryl methyl sites for hydroxylation is 1. The van der Waals surface area contributed by atoms with E-state index in [1.54, 1.807) is 24.3 Å². The zero-order chi connectivity index (χ0) is 18.5.